The average Bonchev–Trinajstić information content (AvgIpc) is 3.52. The van der Waals surface area contributed by atoms with Crippen LogP contribution in [-0.2, 0) is 11.3 Å². The predicted molar refractivity (Wildman–Crippen MR) is 135 cm³/mol. The minimum absolute atomic E-state index is 0.0414. The zero-order chi connectivity index (χ0) is 24.6. The summed E-state index contributed by atoms with van der Waals surface area (Å²) in [4.78, 5) is 15.3. The van der Waals surface area contributed by atoms with Gasteiger partial charge in [0.25, 0.3) is 0 Å². The van der Waals surface area contributed by atoms with Crippen LogP contribution in [0.25, 0.3) is 16.6 Å². The van der Waals surface area contributed by atoms with Crippen LogP contribution in [0.4, 0.5) is 5.82 Å². The molecule has 9 nitrogen and oxygen atoms in total. The number of piperidine rings is 1. The van der Waals surface area contributed by atoms with E-state index < -0.39 is 0 Å². The van der Waals surface area contributed by atoms with Gasteiger partial charge in [-0.05, 0) is 56.5 Å². The second-order valence-electron chi connectivity index (χ2n) is 9.36. The number of benzene rings is 2. The van der Waals surface area contributed by atoms with Crippen molar-refractivity contribution in [2.45, 2.75) is 33.2 Å². The van der Waals surface area contributed by atoms with Crippen LogP contribution in [0.2, 0.25) is 0 Å². The van der Waals surface area contributed by atoms with E-state index in [1.54, 1.807) is 0 Å². The molecule has 6 rings (SSSR count). The molecule has 1 saturated heterocycles. The van der Waals surface area contributed by atoms with Gasteiger partial charge in [-0.15, -0.1) is 5.10 Å². The van der Waals surface area contributed by atoms with Crippen molar-refractivity contribution < 1.29 is 14.3 Å². The molecule has 2 aliphatic heterocycles. The van der Waals surface area contributed by atoms with E-state index in [2.05, 4.69) is 27.3 Å². The van der Waals surface area contributed by atoms with Crippen LogP contribution < -0.4 is 19.7 Å². The Balaban J connectivity index is 1.21. The van der Waals surface area contributed by atoms with Crippen LogP contribution in [0, 0.1) is 19.8 Å². The summed E-state index contributed by atoms with van der Waals surface area (Å²) in [5, 5.41) is 18.0. The third-order valence-corrected chi connectivity index (χ3v) is 6.98. The van der Waals surface area contributed by atoms with E-state index >= 15 is 0 Å². The van der Waals surface area contributed by atoms with Crippen molar-refractivity contribution in [3.05, 3.63) is 65.5 Å². The Morgan fingerprint density at radius 2 is 1.92 bits per heavy atom. The number of anilines is 1. The van der Waals surface area contributed by atoms with Gasteiger partial charge in [0, 0.05) is 19.6 Å². The molecule has 0 unspecified atom stereocenters. The minimum atomic E-state index is -0.136. The maximum Gasteiger partial charge on any atom is 0.231 e. The SMILES string of the molecule is Cc1nnc(N2CCC[C@@H](C(=O)NCc3ccc4c(c3)OCO4)C2)c2nn(-c3ccccc3)c(C)c12. The summed E-state index contributed by atoms with van der Waals surface area (Å²) in [6, 6.07) is 15.8. The summed E-state index contributed by atoms with van der Waals surface area (Å²) in [5.74, 6) is 2.10. The van der Waals surface area contributed by atoms with E-state index in [1.807, 2.05) is 60.1 Å². The summed E-state index contributed by atoms with van der Waals surface area (Å²) in [6.45, 7) is 6.10. The van der Waals surface area contributed by atoms with E-state index in [9.17, 15) is 4.79 Å². The Bertz CT molecular complexity index is 1430. The molecule has 9 heteroatoms. The number of aromatic nitrogens is 4. The smallest absolute Gasteiger partial charge is 0.231 e. The Morgan fingerprint density at radius 3 is 2.78 bits per heavy atom. The van der Waals surface area contributed by atoms with Gasteiger partial charge < -0.3 is 19.7 Å². The Morgan fingerprint density at radius 1 is 1.08 bits per heavy atom. The lowest BCUT2D eigenvalue weighted by Crippen LogP contribution is -2.43. The summed E-state index contributed by atoms with van der Waals surface area (Å²) >= 11 is 0. The number of carbonyl (C=O) groups excluding carboxylic acids is 1. The first-order valence-corrected chi connectivity index (χ1v) is 12.3. The highest BCUT2D eigenvalue weighted by atomic mass is 16.7. The fraction of sp³-hybridized carbons (Fsp3) is 0.333. The fourth-order valence-corrected chi connectivity index (χ4v) is 5.11. The minimum Gasteiger partial charge on any atom is -0.454 e. The highest BCUT2D eigenvalue weighted by Gasteiger charge is 2.29. The van der Waals surface area contributed by atoms with Gasteiger partial charge in [-0.1, -0.05) is 24.3 Å². The van der Waals surface area contributed by atoms with Gasteiger partial charge in [0.05, 0.1) is 28.4 Å². The summed E-state index contributed by atoms with van der Waals surface area (Å²) in [5.41, 5.74) is 4.68. The topological polar surface area (TPSA) is 94.4 Å². The third kappa shape index (κ3) is 4.00. The van der Waals surface area contributed by atoms with E-state index in [1.165, 1.54) is 0 Å². The van der Waals surface area contributed by atoms with Crippen LogP contribution in [-0.4, -0.2) is 45.8 Å². The zero-order valence-electron chi connectivity index (χ0n) is 20.4. The van der Waals surface area contributed by atoms with Crippen LogP contribution in [0.1, 0.15) is 29.8 Å². The van der Waals surface area contributed by atoms with E-state index in [0.717, 1.165) is 70.2 Å². The van der Waals surface area contributed by atoms with Crippen molar-refractivity contribution in [3.63, 3.8) is 0 Å². The molecule has 1 fully saturated rings. The number of amides is 1. The van der Waals surface area contributed by atoms with Gasteiger partial charge in [0.1, 0.15) is 5.52 Å². The summed E-state index contributed by atoms with van der Waals surface area (Å²) in [6.07, 6.45) is 1.74. The molecule has 4 heterocycles. The lowest BCUT2D eigenvalue weighted by Gasteiger charge is -2.32. The Labute approximate surface area is 209 Å². The summed E-state index contributed by atoms with van der Waals surface area (Å²) < 4.78 is 12.8. The quantitative estimate of drug-likeness (QED) is 0.462. The molecule has 1 amide bonds. The molecule has 1 N–H and O–H groups in total. The highest BCUT2D eigenvalue weighted by Crippen LogP contribution is 2.33. The van der Waals surface area contributed by atoms with Crippen LogP contribution in [0.3, 0.4) is 0 Å². The lowest BCUT2D eigenvalue weighted by molar-refractivity contribution is -0.125. The first kappa shape index (κ1) is 22.3. The molecule has 0 bridgehead atoms. The number of nitrogens with one attached hydrogen (secondary N) is 1. The zero-order valence-corrected chi connectivity index (χ0v) is 20.4. The van der Waals surface area contributed by atoms with Gasteiger partial charge in [-0.3, -0.25) is 4.79 Å². The number of fused-ring (bicyclic) bond motifs is 2. The number of aryl methyl sites for hydroxylation is 2. The monoisotopic (exact) mass is 484 g/mol. The molecule has 0 spiro atoms. The number of ether oxygens (including phenoxy) is 2. The first-order chi connectivity index (χ1) is 17.6. The largest absolute Gasteiger partial charge is 0.454 e. The average molecular weight is 485 g/mol. The van der Waals surface area contributed by atoms with Crippen LogP contribution >= 0.6 is 0 Å². The molecular formula is C27H28N6O3. The van der Waals surface area contributed by atoms with Crippen molar-refractivity contribution in [1.29, 1.82) is 0 Å². The third-order valence-electron chi connectivity index (χ3n) is 6.98. The molecule has 0 radical (unpaired) electrons. The molecule has 1 atom stereocenters. The molecule has 36 heavy (non-hydrogen) atoms. The van der Waals surface area contributed by atoms with Crippen molar-refractivity contribution in [3.8, 4) is 17.2 Å². The van der Waals surface area contributed by atoms with Gasteiger partial charge in [-0.25, -0.2) is 4.68 Å². The molecule has 0 aliphatic carbocycles. The second-order valence-corrected chi connectivity index (χ2v) is 9.36. The Kier molecular flexibility index (Phi) is 5.67. The lowest BCUT2D eigenvalue weighted by atomic mass is 9.97. The Hall–Kier alpha value is -4.14. The predicted octanol–water partition coefficient (Wildman–Crippen LogP) is 3.69. The maximum atomic E-state index is 13.1. The molecule has 184 valence electrons. The van der Waals surface area contributed by atoms with Crippen molar-refractivity contribution >= 4 is 22.6 Å². The van der Waals surface area contributed by atoms with Gasteiger partial charge in [0.15, 0.2) is 17.3 Å². The fourth-order valence-electron chi connectivity index (χ4n) is 5.11. The highest BCUT2D eigenvalue weighted by molar-refractivity contribution is 5.92. The van der Waals surface area contributed by atoms with Gasteiger partial charge in [0.2, 0.25) is 12.7 Å². The first-order valence-electron chi connectivity index (χ1n) is 12.3. The molecule has 2 aromatic heterocycles. The molecule has 4 aromatic rings. The molecule has 0 saturated carbocycles. The van der Waals surface area contributed by atoms with Crippen molar-refractivity contribution in [2.75, 3.05) is 24.8 Å². The van der Waals surface area contributed by atoms with Crippen molar-refractivity contribution in [2.24, 2.45) is 5.92 Å². The van der Waals surface area contributed by atoms with E-state index in [4.69, 9.17) is 14.6 Å². The number of hydrogen-bond donors (Lipinski definition) is 1. The van der Waals surface area contributed by atoms with Crippen LogP contribution in [0.5, 0.6) is 11.5 Å². The summed E-state index contributed by atoms with van der Waals surface area (Å²) in [7, 11) is 0. The number of carbonyl (C=O) groups is 1. The normalized spacial score (nSPS) is 16.9. The van der Waals surface area contributed by atoms with Gasteiger partial charge >= 0.3 is 0 Å². The number of nitrogens with zero attached hydrogens (tertiary/aromatic N) is 5. The van der Waals surface area contributed by atoms with E-state index in [-0.39, 0.29) is 18.6 Å². The molecule has 2 aliphatic rings. The van der Waals surface area contributed by atoms with Crippen LogP contribution in [0.15, 0.2) is 48.5 Å². The van der Waals surface area contributed by atoms with Crippen molar-refractivity contribution in [1.82, 2.24) is 25.3 Å². The van der Waals surface area contributed by atoms with Gasteiger partial charge in [-0.2, -0.15) is 10.2 Å². The standard InChI is InChI=1S/C27H28N6O3/c1-17-24-18(2)33(21-8-4-3-5-9-21)31-25(24)26(30-29-17)32-12-6-7-20(15-32)27(34)28-14-19-10-11-22-23(13-19)36-16-35-22/h3-5,8-11,13,20H,6-7,12,14-16H2,1-2H3,(H,28,34)/t20-/m1/s1. The molecular weight excluding hydrogens is 456 g/mol. The number of rotatable bonds is 5. The maximum absolute atomic E-state index is 13.1. The molecule has 2 aromatic carbocycles. The van der Waals surface area contributed by atoms with E-state index in [0.29, 0.717) is 13.1 Å². The second kappa shape index (κ2) is 9.14. The number of para-hydroxylation sites is 1. The number of hydrogen-bond acceptors (Lipinski definition) is 7.